The van der Waals surface area contributed by atoms with Crippen LogP contribution in [0, 0.1) is 17.1 Å². The van der Waals surface area contributed by atoms with Crippen molar-refractivity contribution in [2.45, 2.75) is 38.2 Å². The Bertz CT molecular complexity index is 874. The first-order valence-corrected chi connectivity index (χ1v) is 8.70. The van der Waals surface area contributed by atoms with Crippen LogP contribution in [0.5, 0.6) is 5.75 Å². The molecule has 1 unspecified atom stereocenters. The van der Waals surface area contributed by atoms with Crippen molar-refractivity contribution in [2.75, 3.05) is 11.5 Å². The van der Waals surface area contributed by atoms with Gasteiger partial charge in [0.25, 0.3) is 12.6 Å². The standard InChI is InChI=1S/C17H16BF3N4O2/c1-9-16(26)24-23-15-7-27-14-4-12(17(19,20)21)11(3-13(14)25(9)15)2-10-5-18(6-10)8-22/h3-4,9-10H,2,5-7H2,1H3,(H,24,26). The van der Waals surface area contributed by atoms with Gasteiger partial charge < -0.3 is 9.64 Å². The topological polar surface area (TPSA) is 77.7 Å². The molecule has 3 aliphatic rings. The van der Waals surface area contributed by atoms with Crippen LogP contribution in [0.4, 0.5) is 18.9 Å². The van der Waals surface area contributed by atoms with Crippen molar-refractivity contribution in [3.63, 3.8) is 0 Å². The highest BCUT2D eigenvalue weighted by Gasteiger charge is 2.41. The van der Waals surface area contributed by atoms with Crippen molar-refractivity contribution in [3.05, 3.63) is 23.3 Å². The number of hydrogen-bond acceptors (Lipinski definition) is 5. The van der Waals surface area contributed by atoms with Gasteiger partial charge in [-0.1, -0.05) is 12.6 Å². The molecule has 1 amide bonds. The lowest BCUT2D eigenvalue weighted by Gasteiger charge is -2.39. The highest BCUT2D eigenvalue weighted by atomic mass is 19.4. The zero-order valence-corrected chi connectivity index (χ0v) is 14.5. The van der Waals surface area contributed by atoms with Gasteiger partial charge in [-0.05, 0) is 37.0 Å². The number of nitrogens with zero attached hydrogens (tertiary/aromatic N) is 3. The van der Waals surface area contributed by atoms with Crippen molar-refractivity contribution in [1.29, 1.82) is 5.26 Å². The largest absolute Gasteiger partial charge is 0.483 e. The number of halogens is 3. The van der Waals surface area contributed by atoms with Crippen LogP contribution >= 0.6 is 0 Å². The maximum absolute atomic E-state index is 13.6. The van der Waals surface area contributed by atoms with Gasteiger partial charge in [-0.2, -0.15) is 18.3 Å². The average molecular weight is 376 g/mol. The summed E-state index contributed by atoms with van der Waals surface area (Å²) in [6, 6.07) is 1.87. The Labute approximate surface area is 154 Å². The molecule has 0 aromatic heterocycles. The van der Waals surface area contributed by atoms with Gasteiger partial charge in [-0.3, -0.25) is 4.79 Å². The van der Waals surface area contributed by atoms with Gasteiger partial charge in [-0.25, -0.2) is 10.7 Å². The van der Waals surface area contributed by atoms with Gasteiger partial charge in [0.2, 0.25) is 0 Å². The molecule has 1 aromatic carbocycles. The number of hydrazone groups is 1. The Balaban J connectivity index is 1.75. The summed E-state index contributed by atoms with van der Waals surface area (Å²) >= 11 is 0. The normalized spacial score (nSPS) is 22.0. The average Bonchev–Trinajstić information content (AvgIpc) is 2.58. The van der Waals surface area contributed by atoms with Gasteiger partial charge >= 0.3 is 6.18 Å². The van der Waals surface area contributed by atoms with Crippen molar-refractivity contribution in [3.8, 4) is 11.7 Å². The SMILES string of the molecule is CC1C(=O)NN=C2COc3cc(C(F)(F)F)c(CC4CB(C#N)C4)cc3N21. The number of carbonyl (C=O) groups excluding carboxylic acids is 1. The lowest BCUT2D eigenvalue weighted by Crippen LogP contribution is -2.55. The molecule has 1 fully saturated rings. The van der Waals surface area contributed by atoms with E-state index < -0.39 is 17.8 Å². The number of amidine groups is 1. The first-order chi connectivity index (χ1) is 12.8. The smallest absolute Gasteiger partial charge is 0.416 e. The molecule has 0 radical (unpaired) electrons. The molecular formula is C17H16BF3N4O2. The first-order valence-electron chi connectivity index (χ1n) is 8.70. The van der Waals surface area contributed by atoms with Crippen LogP contribution in [0.1, 0.15) is 18.1 Å². The second-order valence-corrected chi connectivity index (χ2v) is 7.18. The summed E-state index contributed by atoms with van der Waals surface area (Å²) in [6.07, 6.45) is -3.06. The highest BCUT2D eigenvalue weighted by molar-refractivity contribution is 6.69. The number of alkyl halides is 3. The number of anilines is 1. The third-order valence-electron chi connectivity index (χ3n) is 5.37. The number of fused-ring (bicyclic) bond motifs is 3. The quantitative estimate of drug-likeness (QED) is 0.805. The van der Waals surface area contributed by atoms with E-state index in [0.717, 1.165) is 6.07 Å². The van der Waals surface area contributed by atoms with Gasteiger partial charge in [0.1, 0.15) is 18.4 Å². The second-order valence-electron chi connectivity index (χ2n) is 7.18. The number of benzene rings is 1. The Hall–Kier alpha value is -2.70. The first kappa shape index (κ1) is 17.7. The summed E-state index contributed by atoms with van der Waals surface area (Å²) in [7, 11) is 0. The van der Waals surface area contributed by atoms with Crippen molar-refractivity contribution in [1.82, 2.24) is 5.43 Å². The molecule has 1 aromatic rings. The molecule has 0 aliphatic carbocycles. The fourth-order valence-corrected chi connectivity index (χ4v) is 3.87. The molecular weight excluding hydrogens is 360 g/mol. The second kappa shape index (κ2) is 6.18. The van der Waals surface area contributed by atoms with E-state index in [2.05, 4.69) is 16.5 Å². The number of ether oxygens (including phenoxy) is 1. The minimum Gasteiger partial charge on any atom is -0.483 e. The summed E-state index contributed by atoms with van der Waals surface area (Å²) < 4.78 is 46.3. The molecule has 0 saturated carbocycles. The van der Waals surface area contributed by atoms with E-state index in [0.29, 0.717) is 24.2 Å². The van der Waals surface area contributed by atoms with E-state index in [1.165, 1.54) is 6.07 Å². The van der Waals surface area contributed by atoms with Crippen LogP contribution in [0.25, 0.3) is 0 Å². The minimum absolute atomic E-state index is 0.0132. The van der Waals surface area contributed by atoms with E-state index in [1.54, 1.807) is 11.8 Å². The number of nitriles is 1. The van der Waals surface area contributed by atoms with Gasteiger partial charge in [0.05, 0.1) is 11.3 Å². The van der Waals surface area contributed by atoms with Crippen LogP contribution in [-0.2, 0) is 17.4 Å². The summed E-state index contributed by atoms with van der Waals surface area (Å²) in [6.45, 7) is 1.58. The predicted molar refractivity (Wildman–Crippen MR) is 92.6 cm³/mol. The Morgan fingerprint density at radius 1 is 1.44 bits per heavy atom. The lowest BCUT2D eigenvalue weighted by molar-refractivity contribution is -0.138. The van der Waals surface area contributed by atoms with Gasteiger partial charge in [0.15, 0.2) is 5.84 Å². The summed E-state index contributed by atoms with van der Waals surface area (Å²) in [5.41, 5.74) is 2.24. The van der Waals surface area contributed by atoms with Crippen molar-refractivity contribution >= 4 is 24.1 Å². The molecule has 0 spiro atoms. The Kier molecular flexibility index (Phi) is 4.05. The van der Waals surface area contributed by atoms with Crippen LogP contribution < -0.4 is 15.1 Å². The maximum Gasteiger partial charge on any atom is 0.416 e. The molecule has 10 heteroatoms. The minimum atomic E-state index is -4.51. The molecule has 6 nitrogen and oxygen atoms in total. The summed E-state index contributed by atoms with van der Waals surface area (Å²) in [5.74, 6) is 2.41. The van der Waals surface area contributed by atoms with E-state index in [9.17, 15) is 18.0 Å². The highest BCUT2D eigenvalue weighted by Crippen LogP contribution is 2.44. The third-order valence-corrected chi connectivity index (χ3v) is 5.37. The van der Waals surface area contributed by atoms with Gasteiger partial charge in [0, 0.05) is 5.97 Å². The molecule has 3 heterocycles. The number of carbonyl (C=O) groups is 1. The number of rotatable bonds is 2. The summed E-state index contributed by atoms with van der Waals surface area (Å²) in [5, 5.41) is 12.8. The van der Waals surface area contributed by atoms with Crippen LogP contribution in [-0.4, -0.2) is 31.1 Å². The fourth-order valence-electron chi connectivity index (χ4n) is 3.87. The molecule has 140 valence electrons. The van der Waals surface area contributed by atoms with Crippen LogP contribution in [0.2, 0.25) is 12.6 Å². The number of nitrogens with one attached hydrogen (secondary N) is 1. The van der Waals surface area contributed by atoms with Crippen molar-refractivity contribution < 1.29 is 22.7 Å². The monoisotopic (exact) mass is 376 g/mol. The number of amides is 1. The fraction of sp³-hybridized carbons (Fsp3) is 0.471. The lowest BCUT2D eigenvalue weighted by atomic mass is 9.32. The van der Waals surface area contributed by atoms with E-state index in [4.69, 9.17) is 10.00 Å². The molecule has 1 saturated heterocycles. The molecule has 3 aliphatic heterocycles. The van der Waals surface area contributed by atoms with Crippen LogP contribution in [0.15, 0.2) is 17.2 Å². The third kappa shape index (κ3) is 3.01. The zero-order chi connectivity index (χ0) is 19.3. The van der Waals surface area contributed by atoms with Gasteiger partial charge in [-0.15, -0.1) is 0 Å². The van der Waals surface area contributed by atoms with E-state index in [1.807, 2.05) is 0 Å². The molecule has 4 rings (SSSR count). The van der Waals surface area contributed by atoms with Crippen LogP contribution in [0.3, 0.4) is 0 Å². The molecule has 1 N–H and O–H groups in total. The van der Waals surface area contributed by atoms with Crippen molar-refractivity contribution in [2.24, 2.45) is 11.0 Å². The predicted octanol–water partition coefficient (Wildman–Crippen LogP) is 2.47. The number of hydrogen-bond donors (Lipinski definition) is 1. The maximum atomic E-state index is 13.6. The van der Waals surface area contributed by atoms with E-state index in [-0.39, 0.29) is 42.9 Å². The summed E-state index contributed by atoms with van der Waals surface area (Å²) in [4.78, 5) is 13.6. The molecule has 27 heavy (non-hydrogen) atoms. The Morgan fingerprint density at radius 3 is 2.85 bits per heavy atom. The molecule has 0 bridgehead atoms. The molecule has 1 atom stereocenters. The zero-order valence-electron chi connectivity index (χ0n) is 14.5. The Morgan fingerprint density at radius 2 is 2.19 bits per heavy atom. The van der Waals surface area contributed by atoms with E-state index >= 15 is 0 Å².